The first-order valence-electron chi connectivity index (χ1n) is 5.95. The molecule has 0 heterocycles. The Labute approximate surface area is 174 Å². The van der Waals surface area contributed by atoms with E-state index >= 15 is 0 Å². The fourth-order valence-electron chi connectivity index (χ4n) is 2.13. The van der Waals surface area contributed by atoms with Crippen LogP contribution in [0.4, 0.5) is 0 Å². The minimum atomic E-state index is -1.89. The maximum Gasteiger partial charge on any atom is 0.201 e. The van der Waals surface area contributed by atoms with Crippen molar-refractivity contribution < 1.29 is 10.2 Å². The van der Waals surface area contributed by atoms with Gasteiger partial charge in [-0.2, -0.15) is 0 Å². The lowest BCUT2D eigenvalue weighted by atomic mass is 9.91. The second-order valence-corrected chi connectivity index (χ2v) is 9.58. The number of phenolic OH excluding ortho intramolecular Hbond substituents is 2. The van der Waals surface area contributed by atoms with Crippen molar-refractivity contribution in [3.63, 3.8) is 0 Å². The van der Waals surface area contributed by atoms with Crippen molar-refractivity contribution >= 4 is 89.9 Å². The van der Waals surface area contributed by atoms with E-state index in [1.54, 1.807) is 0 Å². The maximum atomic E-state index is 10.3. The summed E-state index contributed by atoms with van der Waals surface area (Å²) in [6, 6.07) is 5.93. The van der Waals surface area contributed by atoms with Gasteiger partial charge in [0.05, 0.1) is 14.9 Å². The van der Waals surface area contributed by atoms with Gasteiger partial charge in [-0.15, -0.1) is 0 Å². The highest BCUT2D eigenvalue weighted by molar-refractivity contribution is 9.10. The van der Waals surface area contributed by atoms with Crippen molar-refractivity contribution in [3.05, 3.63) is 54.4 Å². The Bertz CT molecular complexity index is 704. The predicted octanol–water partition coefficient (Wildman–Crippen LogP) is 7.43. The number of alkyl halides is 3. The molecule has 2 aromatic carbocycles. The lowest BCUT2D eigenvalue weighted by Crippen LogP contribution is -2.19. The molecule has 0 spiro atoms. The highest BCUT2D eigenvalue weighted by Gasteiger charge is 2.39. The maximum absolute atomic E-state index is 10.3. The third kappa shape index (κ3) is 4.35. The molecule has 9 heteroatoms. The van der Waals surface area contributed by atoms with Gasteiger partial charge in [0, 0.05) is 21.2 Å². The lowest BCUT2D eigenvalue weighted by Gasteiger charge is -2.27. The average molecular weight is 544 g/mol. The molecule has 0 saturated heterocycles. The molecule has 2 N–H and O–H groups in total. The summed E-state index contributed by atoms with van der Waals surface area (Å²) in [5.74, 6) is -1.32. The van der Waals surface area contributed by atoms with Crippen LogP contribution < -0.4 is 0 Å². The largest absolute Gasteiger partial charge is 0.506 e. The number of phenols is 2. The van der Waals surface area contributed by atoms with Crippen molar-refractivity contribution in [1.29, 1.82) is 0 Å². The van der Waals surface area contributed by atoms with Gasteiger partial charge in [0.1, 0.15) is 11.5 Å². The van der Waals surface area contributed by atoms with E-state index in [-0.39, 0.29) is 22.6 Å². The topological polar surface area (TPSA) is 40.5 Å². The minimum Gasteiger partial charge on any atom is -0.506 e. The molecular weight excluding hydrogens is 537 g/mol. The van der Waals surface area contributed by atoms with Crippen LogP contribution in [0, 0.1) is 0 Å². The van der Waals surface area contributed by atoms with Gasteiger partial charge in [0.2, 0.25) is 3.79 Å². The molecule has 0 fully saturated rings. The van der Waals surface area contributed by atoms with Crippen molar-refractivity contribution in [2.45, 2.75) is 9.71 Å². The Hall–Kier alpha value is 0.450. The summed E-state index contributed by atoms with van der Waals surface area (Å²) in [5, 5.41) is 21.3. The molecular formula is C14H7Br2Cl5O2. The minimum absolute atomic E-state index is 0.152. The highest BCUT2D eigenvalue weighted by Crippen LogP contribution is 2.53. The van der Waals surface area contributed by atoms with Gasteiger partial charge >= 0.3 is 0 Å². The number of halogens is 7. The molecule has 0 bridgehead atoms. The predicted molar refractivity (Wildman–Crippen MR) is 104 cm³/mol. The molecule has 0 aliphatic heterocycles. The second kappa shape index (κ2) is 7.36. The van der Waals surface area contributed by atoms with Crippen LogP contribution in [0.1, 0.15) is 17.0 Å². The van der Waals surface area contributed by atoms with Gasteiger partial charge in [0.15, 0.2) is 0 Å². The number of hydrogen-bond donors (Lipinski definition) is 2. The van der Waals surface area contributed by atoms with Crippen LogP contribution in [0.15, 0.2) is 33.2 Å². The van der Waals surface area contributed by atoms with Gasteiger partial charge in [-0.25, -0.2) is 0 Å². The summed E-state index contributed by atoms with van der Waals surface area (Å²) in [6.07, 6.45) is 0. The third-order valence-corrected chi connectivity index (χ3v) is 5.36. The summed E-state index contributed by atoms with van der Waals surface area (Å²) < 4.78 is -1.22. The molecule has 0 radical (unpaired) electrons. The zero-order valence-corrected chi connectivity index (χ0v) is 17.9. The van der Waals surface area contributed by atoms with E-state index in [1.807, 2.05) is 0 Å². The average Bonchev–Trinajstić information content (AvgIpc) is 2.39. The molecule has 0 aliphatic rings. The fraction of sp³-hybridized carbons (Fsp3) is 0.143. The van der Waals surface area contributed by atoms with E-state index in [9.17, 15) is 10.2 Å². The monoisotopic (exact) mass is 540 g/mol. The summed E-state index contributed by atoms with van der Waals surface area (Å²) in [4.78, 5) is 0. The standard InChI is InChI=1S/C14H7Br2Cl5O2/c15-9-3-5(17)1-7(12(9)22)11(14(19,20)21)8-2-6(18)4-10(16)13(8)23/h1-4,11,22-23H. The molecule has 0 saturated carbocycles. The van der Waals surface area contributed by atoms with E-state index < -0.39 is 9.71 Å². The van der Waals surface area contributed by atoms with Crippen LogP contribution in [-0.2, 0) is 0 Å². The Morgan fingerprint density at radius 1 is 0.783 bits per heavy atom. The molecule has 124 valence electrons. The van der Waals surface area contributed by atoms with Crippen LogP contribution in [0.5, 0.6) is 11.5 Å². The number of aromatic hydroxyl groups is 2. The SMILES string of the molecule is Oc1c(Br)cc(Cl)cc1C(c1cc(Cl)cc(Br)c1O)C(Cl)(Cl)Cl. The molecule has 2 nitrogen and oxygen atoms in total. The third-order valence-electron chi connectivity index (χ3n) is 3.06. The Morgan fingerprint density at radius 2 is 1.13 bits per heavy atom. The summed E-state index contributed by atoms with van der Waals surface area (Å²) in [7, 11) is 0. The van der Waals surface area contributed by atoms with Crippen LogP contribution >= 0.6 is 89.9 Å². The molecule has 0 atom stereocenters. The first kappa shape index (κ1) is 19.8. The van der Waals surface area contributed by atoms with Crippen molar-refractivity contribution in [2.75, 3.05) is 0 Å². The van der Waals surface area contributed by atoms with Crippen LogP contribution in [0.2, 0.25) is 10.0 Å². The quantitative estimate of drug-likeness (QED) is 0.386. The Morgan fingerprint density at radius 3 is 1.43 bits per heavy atom. The molecule has 0 aromatic heterocycles. The van der Waals surface area contributed by atoms with E-state index in [4.69, 9.17) is 58.0 Å². The first-order chi connectivity index (χ1) is 10.5. The zero-order valence-electron chi connectivity index (χ0n) is 10.9. The number of hydrogen-bond acceptors (Lipinski definition) is 2. The summed E-state index contributed by atoms with van der Waals surface area (Å²) >= 11 is 36.8. The normalized spacial score (nSPS) is 12.0. The van der Waals surface area contributed by atoms with Crippen LogP contribution in [0.25, 0.3) is 0 Å². The second-order valence-electron chi connectivity index (χ2n) is 4.63. The van der Waals surface area contributed by atoms with E-state index in [0.717, 1.165) is 0 Å². The molecule has 0 unspecified atom stereocenters. The van der Waals surface area contributed by atoms with Gasteiger partial charge in [-0.1, -0.05) is 58.0 Å². The zero-order chi connectivity index (χ0) is 17.5. The Kier molecular flexibility index (Phi) is 6.33. The number of benzene rings is 2. The molecule has 23 heavy (non-hydrogen) atoms. The van der Waals surface area contributed by atoms with Crippen molar-refractivity contribution in [1.82, 2.24) is 0 Å². The summed E-state index contributed by atoms with van der Waals surface area (Å²) in [6.45, 7) is 0. The molecule has 0 amide bonds. The summed E-state index contributed by atoms with van der Waals surface area (Å²) in [5.41, 5.74) is 0.461. The molecule has 2 aromatic rings. The van der Waals surface area contributed by atoms with Gasteiger partial charge in [-0.05, 0) is 56.1 Å². The fourth-order valence-corrected chi connectivity index (χ4v) is 4.51. The van der Waals surface area contributed by atoms with Crippen molar-refractivity contribution in [2.24, 2.45) is 0 Å². The Balaban J connectivity index is 2.80. The van der Waals surface area contributed by atoms with E-state index in [0.29, 0.717) is 19.0 Å². The van der Waals surface area contributed by atoms with Crippen molar-refractivity contribution in [3.8, 4) is 11.5 Å². The molecule has 2 rings (SSSR count). The van der Waals surface area contributed by atoms with Gasteiger partial charge in [0.25, 0.3) is 0 Å². The van der Waals surface area contributed by atoms with Gasteiger partial charge in [-0.3, -0.25) is 0 Å². The highest BCUT2D eigenvalue weighted by atomic mass is 79.9. The number of rotatable bonds is 2. The lowest BCUT2D eigenvalue weighted by molar-refractivity contribution is 0.451. The van der Waals surface area contributed by atoms with Crippen LogP contribution in [-0.4, -0.2) is 14.0 Å². The smallest absolute Gasteiger partial charge is 0.201 e. The van der Waals surface area contributed by atoms with E-state index in [1.165, 1.54) is 24.3 Å². The first-order valence-corrected chi connectivity index (χ1v) is 9.42. The molecule has 0 aliphatic carbocycles. The van der Waals surface area contributed by atoms with E-state index in [2.05, 4.69) is 31.9 Å². The van der Waals surface area contributed by atoms with Gasteiger partial charge < -0.3 is 10.2 Å². The van der Waals surface area contributed by atoms with Crippen LogP contribution in [0.3, 0.4) is 0 Å².